The Morgan fingerprint density at radius 1 is 1.30 bits per heavy atom. The summed E-state index contributed by atoms with van der Waals surface area (Å²) in [6.07, 6.45) is 7.91. The molecule has 0 bridgehead atoms. The Kier molecular flexibility index (Phi) is 5.20. The monoisotopic (exact) mass is 456 g/mol. The molecule has 2 atom stereocenters. The van der Waals surface area contributed by atoms with E-state index in [0.717, 1.165) is 31.2 Å². The van der Waals surface area contributed by atoms with Gasteiger partial charge in [-0.2, -0.15) is 10.4 Å². The number of aromatic nitrogens is 3. The molecule has 0 aromatic carbocycles. The topological polar surface area (TPSA) is 109 Å². The van der Waals surface area contributed by atoms with Crippen LogP contribution in [-0.4, -0.2) is 26.4 Å². The molecule has 0 radical (unpaired) electrons. The molecule has 0 unspecified atom stereocenters. The van der Waals surface area contributed by atoms with Gasteiger partial charge >= 0.3 is 0 Å². The second-order valence-electron chi connectivity index (χ2n) is 10.7. The number of carbonyl (C=O) groups excluding carboxylic acids is 1. The number of nitrogens with two attached hydrogens (primary N) is 1. The summed E-state index contributed by atoms with van der Waals surface area (Å²) in [6, 6.07) is 3.38. The molecule has 0 saturated heterocycles. The number of amides is 1. The summed E-state index contributed by atoms with van der Waals surface area (Å²) >= 11 is 0. The van der Waals surface area contributed by atoms with Gasteiger partial charge in [-0.1, -0.05) is 6.92 Å². The fourth-order valence-electron chi connectivity index (χ4n) is 5.02. The second-order valence-corrected chi connectivity index (χ2v) is 10.7. The number of imidazole rings is 1. The second kappa shape index (κ2) is 7.73. The smallest absolute Gasteiger partial charge is 0.248 e. The maximum atomic E-state index is 13.5. The molecule has 2 aromatic heterocycles. The standard InChI is InChI=1S/C24H30F2N6O/c1-22(6-7-22)11-19(33)31-21(23(14-27)8-9-23)16-10-18-30-17(13-32(18)29-12-16)20(28)15-2-4-24(25,26)5-3-15/h10,12-13,15,20-21H,2-9,11,28H2,1H3,(H,31,33)/t20-,21-/m0/s1. The average Bonchev–Trinajstić information content (AvgIpc) is 3.68. The van der Waals surface area contributed by atoms with Crippen molar-refractivity contribution in [1.29, 1.82) is 5.26 Å². The molecule has 2 heterocycles. The third-order valence-electron chi connectivity index (χ3n) is 7.86. The van der Waals surface area contributed by atoms with Crippen molar-refractivity contribution in [3.8, 4) is 6.07 Å². The first kappa shape index (κ1) is 22.2. The van der Waals surface area contributed by atoms with E-state index < -0.39 is 23.4 Å². The summed E-state index contributed by atoms with van der Waals surface area (Å²) < 4.78 is 28.7. The summed E-state index contributed by atoms with van der Waals surface area (Å²) in [6.45, 7) is 2.11. The van der Waals surface area contributed by atoms with E-state index in [4.69, 9.17) is 5.73 Å². The summed E-state index contributed by atoms with van der Waals surface area (Å²) in [5, 5.41) is 17.4. The molecule has 3 aliphatic carbocycles. The van der Waals surface area contributed by atoms with Crippen molar-refractivity contribution >= 4 is 11.6 Å². The molecule has 3 aliphatic rings. The SMILES string of the molecule is CC1(CC(=O)N[C@@H](c2cnn3cc([C@@H](N)C4CCC(F)(F)CC4)nc3c2)C2(C#N)CC2)CC1. The number of nitriles is 1. The molecule has 3 saturated carbocycles. The Morgan fingerprint density at radius 2 is 2.00 bits per heavy atom. The maximum Gasteiger partial charge on any atom is 0.248 e. The first-order valence-electron chi connectivity index (χ1n) is 11.8. The quantitative estimate of drug-likeness (QED) is 0.649. The highest BCUT2D eigenvalue weighted by Crippen LogP contribution is 2.55. The van der Waals surface area contributed by atoms with Crippen molar-refractivity contribution in [3.05, 3.63) is 29.7 Å². The van der Waals surface area contributed by atoms with Crippen LogP contribution in [-0.2, 0) is 4.79 Å². The van der Waals surface area contributed by atoms with Crippen molar-refractivity contribution < 1.29 is 13.6 Å². The fraction of sp³-hybridized carbons (Fsp3) is 0.667. The van der Waals surface area contributed by atoms with E-state index in [9.17, 15) is 18.8 Å². The Bertz CT molecular complexity index is 1100. The molecule has 3 fully saturated rings. The van der Waals surface area contributed by atoms with Gasteiger partial charge in [-0.3, -0.25) is 4.79 Å². The van der Waals surface area contributed by atoms with Gasteiger partial charge in [-0.25, -0.2) is 18.3 Å². The van der Waals surface area contributed by atoms with Gasteiger partial charge < -0.3 is 11.1 Å². The zero-order valence-electron chi connectivity index (χ0n) is 18.9. The zero-order valence-corrected chi connectivity index (χ0v) is 18.9. The highest BCUT2D eigenvalue weighted by molar-refractivity contribution is 5.78. The van der Waals surface area contributed by atoms with E-state index >= 15 is 0 Å². The van der Waals surface area contributed by atoms with Crippen LogP contribution in [0, 0.1) is 28.1 Å². The van der Waals surface area contributed by atoms with Crippen LogP contribution in [0.4, 0.5) is 8.78 Å². The number of nitrogens with one attached hydrogen (secondary N) is 1. The molecule has 33 heavy (non-hydrogen) atoms. The number of hydrogen-bond acceptors (Lipinski definition) is 5. The lowest BCUT2D eigenvalue weighted by molar-refractivity contribution is -0.123. The lowest BCUT2D eigenvalue weighted by atomic mass is 9.81. The van der Waals surface area contributed by atoms with Crippen LogP contribution in [0.1, 0.15) is 88.1 Å². The van der Waals surface area contributed by atoms with Gasteiger partial charge in [0.15, 0.2) is 5.65 Å². The third-order valence-corrected chi connectivity index (χ3v) is 7.86. The van der Waals surface area contributed by atoms with Gasteiger partial charge in [0.2, 0.25) is 11.8 Å². The van der Waals surface area contributed by atoms with E-state index in [0.29, 0.717) is 30.6 Å². The largest absolute Gasteiger partial charge is 0.348 e. The molecule has 1 amide bonds. The Morgan fingerprint density at radius 3 is 2.61 bits per heavy atom. The van der Waals surface area contributed by atoms with Crippen molar-refractivity contribution in [1.82, 2.24) is 19.9 Å². The molecular formula is C24H30F2N6O. The van der Waals surface area contributed by atoms with Crippen molar-refractivity contribution in [2.45, 2.75) is 82.7 Å². The fourth-order valence-corrected chi connectivity index (χ4v) is 5.02. The van der Waals surface area contributed by atoms with Crippen LogP contribution >= 0.6 is 0 Å². The van der Waals surface area contributed by atoms with E-state index in [1.54, 1.807) is 16.9 Å². The molecule has 5 rings (SSSR count). The summed E-state index contributed by atoms with van der Waals surface area (Å²) in [4.78, 5) is 17.4. The number of nitrogens with zero attached hydrogens (tertiary/aromatic N) is 4. The van der Waals surface area contributed by atoms with Crippen molar-refractivity contribution in [2.24, 2.45) is 22.5 Å². The Hall–Kier alpha value is -2.60. The molecule has 2 aromatic rings. The minimum absolute atomic E-state index is 0.0402. The van der Waals surface area contributed by atoms with Gasteiger partial charge in [0, 0.05) is 19.3 Å². The first-order valence-corrected chi connectivity index (χ1v) is 11.8. The lowest BCUT2D eigenvalue weighted by Crippen LogP contribution is -2.35. The van der Waals surface area contributed by atoms with E-state index in [1.807, 2.05) is 6.07 Å². The van der Waals surface area contributed by atoms with Crippen molar-refractivity contribution in [2.75, 3.05) is 0 Å². The molecule has 0 spiro atoms. The molecule has 176 valence electrons. The maximum absolute atomic E-state index is 13.5. The predicted molar refractivity (Wildman–Crippen MR) is 117 cm³/mol. The van der Waals surface area contributed by atoms with Crippen LogP contribution in [0.3, 0.4) is 0 Å². The predicted octanol–water partition coefficient (Wildman–Crippen LogP) is 4.21. The number of fused-ring (bicyclic) bond motifs is 1. The summed E-state index contributed by atoms with van der Waals surface area (Å²) in [7, 11) is 0. The molecule has 7 nitrogen and oxygen atoms in total. The summed E-state index contributed by atoms with van der Waals surface area (Å²) in [5.74, 6) is -2.68. The van der Waals surface area contributed by atoms with E-state index in [1.165, 1.54) is 0 Å². The van der Waals surface area contributed by atoms with E-state index in [2.05, 4.69) is 28.4 Å². The van der Waals surface area contributed by atoms with Gasteiger partial charge in [0.1, 0.15) is 0 Å². The van der Waals surface area contributed by atoms with Crippen LogP contribution in [0.15, 0.2) is 18.5 Å². The molecule has 3 N–H and O–H groups in total. The highest BCUT2D eigenvalue weighted by atomic mass is 19.3. The zero-order chi connectivity index (χ0) is 23.4. The molecular weight excluding hydrogens is 426 g/mol. The molecule has 9 heteroatoms. The number of hydrogen-bond donors (Lipinski definition) is 2. The van der Waals surface area contributed by atoms with Gasteiger partial charge in [0.25, 0.3) is 0 Å². The average molecular weight is 457 g/mol. The Balaban J connectivity index is 1.37. The third kappa shape index (κ3) is 4.45. The number of alkyl halides is 2. The minimum atomic E-state index is -2.60. The summed E-state index contributed by atoms with van der Waals surface area (Å²) in [5.41, 5.74) is 7.81. The van der Waals surface area contributed by atoms with Gasteiger partial charge in [-0.15, -0.1) is 0 Å². The number of halogens is 2. The number of carbonyl (C=O) groups is 1. The first-order chi connectivity index (χ1) is 15.6. The molecule has 0 aliphatic heterocycles. The normalized spacial score (nSPS) is 24.6. The minimum Gasteiger partial charge on any atom is -0.348 e. The van der Waals surface area contributed by atoms with Crippen LogP contribution in [0.2, 0.25) is 0 Å². The van der Waals surface area contributed by atoms with Crippen LogP contribution in [0.25, 0.3) is 5.65 Å². The lowest BCUT2D eigenvalue weighted by Gasteiger charge is -2.31. The number of rotatable bonds is 7. The van der Waals surface area contributed by atoms with Crippen LogP contribution in [0.5, 0.6) is 0 Å². The Labute approximate surface area is 191 Å². The highest BCUT2D eigenvalue weighted by Gasteiger charge is 2.52. The van der Waals surface area contributed by atoms with Crippen LogP contribution < -0.4 is 11.1 Å². The van der Waals surface area contributed by atoms with Gasteiger partial charge in [-0.05, 0) is 61.5 Å². The van der Waals surface area contributed by atoms with Crippen molar-refractivity contribution in [3.63, 3.8) is 0 Å². The van der Waals surface area contributed by atoms with Gasteiger partial charge in [0.05, 0.1) is 41.7 Å². The van der Waals surface area contributed by atoms with E-state index in [-0.39, 0.29) is 30.1 Å².